The SMILES string of the molecule is CC(C)(C)[Si](O[C@H]1CNC[C@H](NC(=O)O)C1)(c1ccccc1)c1ccccc1. The van der Waals surface area contributed by atoms with Crippen molar-refractivity contribution < 1.29 is 14.3 Å². The molecule has 150 valence electrons. The third-order valence-electron chi connectivity index (χ3n) is 5.40. The highest BCUT2D eigenvalue weighted by atomic mass is 28.4. The van der Waals surface area contributed by atoms with Crippen molar-refractivity contribution in [2.75, 3.05) is 13.1 Å². The first-order valence-electron chi connectivity index (χ1n) is 9.82. The van der Waals surface area contributed by atoms with E-state index in [1.165, 1.54) is 10.4 Å². The first kappa shape index (κ1) is 20.6. The Hall–Kier alpha value is -2.15. The van der Waals surface area contributed by atoms with Crippen LogP contribution in [0.4, 0.5) is 4.79 Å². The van der Waals surface area contributed by atoms with Gasteiger partial charge in [0.05, 0.1) is 6.10 Å². The van der Waals surface area contributed by atoms with E-state index < -0.39 is 14.4 Å². The fourth-order valence-electron chi connectivity index (χ4n) is 4.22. The number of piperidine rings is 1. The molecule has 3 rings (SSSR count). The molecule has 28 heavy (non-hydrogen) atoms. The molecule has 2 atom stereocenters. The van der Waals surface area contributed by atoms with Crippen molar-refractivity contribution in [2.24, 2.45) is 0 Å². The maximum Gasteiger partial charge on any atom is 0.404 e. The van der Waals surface area contributed by atoms with Crippen LogP contribution in [0.15, 0.2) is 60.7 Å². The van der Waals surface area contributed by atoms with Crippen LogP contribution in [0.3, 0.4) is 0 Å². The van der Waals surface area contributed by atoms with Gasteiger partial charge in [0.15, 0.2) is 0 Å². The molecule has 6 heteroatoms. The molecule has 1 saturated heterocycles. The second kappa shape index (κ2) is 8.47. The van der Waals surface area contributed by atoms with E-state index in [9.17, 15) is 4.79 Å². The van der Waals surface area contributed by atoms with Gasteiger partial charge in [0.2, 0.25) is 0 Å². The summed E-state index contributed by atoms with van der Waals surface area (Å²) in [7, 11) is -2.62. The Bertz CT molecular complexity index is 738. The highest BCUT2D eigenvalue weighted by Crippen LogP contribution is 2.38. The highest BCUT2D eigenvalue weighted by molar-refractivity contribution is 6.99. The summed E-state index contributed by atoms with van der Waals surface area (Å²) in [5, 5.41) is 17.4. The van der Waals surface area contributed by atoms with Gasteiger partial charge in [-0.3, -0.25) is 0 Å². The second-order valence-corrected chi connectivity index (χ2v) is 12.7. The van der Waals surface area contributed by atoms with Crippen LogP contribution in [0, 0.1) is 0 Å². The lowest BCUT2D eigenvalue weighted by atomic mass is 10.1. The summed E-state index contributed by atoms with van der Waals surface area (Å²) in [5.74, 6) is 0. The van der Waals surface area contributed by atoms with Crippen LogP contribution in [-0.4, -0.2) is 44.8 Å². The molecule has 2 aromatic rings. The van der Waals surface area contributed by atoms with Crippen LogP contribution in [0.1, 0.15) is 27.2 Å². The molecule has 0 saturated carbocycles. The summed E-state index contributed by atoms with van der Waals surface area (Å²) in [6.45, 7) is 8.11. The maximum atomic E-state index is 11.1. The standard InChI is InChI=1S/C22H30N2O3Si/c1-22(2,3)28(19-10-6-4-7-11-19,20-12-8-5-9-13-20)27-18-14-17(15-23-16-18)24-21(25)26/h4-13,17-18,23-24H,14-16H2,1-3H3,(H,25,26)/t17-,18-/m1/s1. The smallest absolute Gasteiger partial charge is 0.404 e. The average Bonchev–Trinajstić information content (AvgIpc) is 2.66. The molecule has 5 nitrogen and oxygen atoms in total. The summed E-state index contributed by atoms with van der Waals surface area (Å²) in [6.07, 6.45) is -0.376. The van der Waals surface area contributed by atoms with Crippen LogP contribution < -0.4 is 21.0 Å². The van der Waals surface area contributed by atoms with Gasteiger partial charge >= 0.3 is 6.09 Å². The highest BCUT2D eigenvalue weighted by Gasteiger charge is 2.51. The monoisotopic (exact) mass is 398 g/mol. The predicted molar refractivity (Wildman–Crippen MR) is 115 cm³/mol. The first-order valence-corrected chi connectivity index (χ1v) is 11.7. The van der Waals surface area contributed by atoms with Crippen LogP contribution in [-0.2, 0) is 4.43 Å². The quantitative estimate of drug-likeness (QED) is 0.677. The van der Waals surface area contributed by atoms with Crippen LogP contribution in [0.2, 0.25) is 5.04 Å². The van der Waals surface area contributed by atoms with Gasteiger partial charge in [-0.05, 0) is 21.8 Å². The number of hydrogen-bond acceptors (Lipinski definition) is 3. The Kier molecular flexibility index (Phi) is 6.22. The number of carbonyl (C=O) groups is 1. The predicted octanol–water partition coefficient (Wildman–Crippen LogP) is 2.56. The molecule has 0 radical (unpaired) electrons. The van der Waals surface area contributed by atoms with Crippen molar-refractivity contribution in [3.63, 3.8) is 0 Å². The normalized spacial score (nSPS) is 20.5. The Morgan fingerprint density at radius 3 is 2.04 bits per heavy atom. The Morgan fingerprint density at radius 1 is 1.04 bits per heavy atom. The van der Waals surface area contributed by atoms with Gasteiger partial charge in [-0.2, -0.15) is 0 Å². The van der Waals surface area contributed by atoms with Gasteiger partial charge in [0.1, 0.15) is 0 Å². The number of rotatable bonds is 5. The minimum absolute atomic E-state index is 0.0584. The van der Waals surface area contributed by atoms with Crippen molar-refractivity contribution in [1.82, 2.24) is 10.6 Å². The molecule has 1 heterocycles. The summed E-state index contributed by atoms with van der Waals surface area (Å²) < 4.78 is 7.07. The molecule has 0 aliphatic carbocycles. The second-order valence-electron chi connectivity index (χ2n) is 8.44. The van der Waals surface area contributed by atoms with Gasteiger partial charge in [-0.1, -0.05) is 81.4 Å². The Labute approximate surface area is 168 Å². The van der Waals surface area contributed by atoms with E-state index in [-0.39, 0.29) is 17.2 Å². The summed E-state index contributed by atoms with van der Waals surface area (Å²) in [5.41, 5.74) is 0. The van der Waals surface area contributed by atoms with Crippen LogP contribution in [0.25, 0.3) is 0 Å². The molecule has 1 aliphatic rings. The molecule has 0 bridgehead atoms. The largest absolute Gasteiger partial charge is 0.465 e. The molecule has 1 fully saturated rings. The molecule has 2 aromatic carbocycles. The van der Waals surface area contributed by atoms with Gasteiger partial charge in [-0.25, -0.2) is 4.79 Å². The number of hydrogen-bond donors (Lipinski definition) is 3. The van der Waals surface area contributed by atoms with Crippen molar-refractivity contribution in [2.45, 2.75) is 44.4 Å². The van der Waals surface area contributed by atoms with E-state index in [1.807, 2.05) is 12.1 Å². The van der Waals surface area contributed by atoms with Gasteiger partial charge in [0.25, 0.3) is 8.32 Å². The third kappa shape index (κ3) is 4.29. The van der Waals surface area contributed by atoms with E-state index in [1.54, 1.807) is 0 Å². The minimum Gasteiger partial charge on any atom is -0.465 e. The van der Waals surface area contributed by atoms with Gasteiger partial charge in [-0.15, -0.1) is 0 Å². The van der Waals surface area contributed by atoms with E-state index in [2.05, 4.69) is 79.9 Å². The Balaban J connectivity index is 2.02. The van der Waals surface area contributed by atoms with E-state index in [4.69, 9.17) is 9.53 Å². The fourth-order valence-corrected chi connectivity index (χ4v) is 8.91. The first-order chi connectivity index (χ1) is 13.3. The molecule has 3 N–H and O–H groups in total. The molecule has 1 aliphatic heterocycles. The van der Waals surface area contributed by atoms with Crippen molar-refractivity contribution in [3.05, 3.63) is 60.7 Å². The molecular weight excluding hydrogens is 368 g/mol. The number of carboxylic acid groups (broad SMARTS) is 1. The number of benzene rings is 2. The van der Waals surface area contributed by atoms with E-state index in [0.29, 0.717) is 13.0 Å². The van der Waals surface area contributed by atoms with Crippen molar-refractivity contribution in [3.8, 4) is 0 Å². The zero-order valence-electron chi connectivity index (χ0n) is 16.8. The molecule has 1 amide bonds. The van der Waals surface area contributed by atoms with E-state index in [0.717, 1.165) is 6.54 Å². The van der Waals surface area contributed by atoms with Crippen molar-refractivity contribution >= 4 is 24.8 Å². The summed E-state index contributed by atoms with van der Waals surface area (Å²) >= 11 is 0. The van der Waals surface area contributed by atoms with Gasteiger partial charge in [0, 0.05) is 19.1 Å². The lowest BCUT2D eigenvalue weighted by Crippen LogP contribution is -2.69. The Morgan fingerprint density at radius 2 is 1.57 bits per heavy atom. The number of amides is 1. The number of nitrogens with one attached hydrogen (secondary N) is 2. The van der Waals surface area contributed by atoms with E-state index >= 15 is 0 Å². The summed E-state index contributed by atoms with van der Waals surface area (Å²) in [4.78, 5) is 11.1. The fraction of sp³-hybridized carbons (Fsp3) is 0.409. The topological polar surface area (TPSA) is 70.6 Å². The minimum atomic E-state index is -2.62. The zero-order chi connectivity index (χ0) is 20.2. The molecule has 0 aromatic heterocycles. The lowest BCUT2D eigenvalue weighted by Gasteiger charge is -2.46. The molecule has 0 unspecified atom stereocenters. The summed E-state index contributed by atoms with van der Waals surface area (Å²) in [6, 6.07) is 20.9. The maximum absolute atomic E-state index is 11.1. The average molecular weight is 399 g/mol. The molecule has 0 spiro atoms. The lowest BCUT2D eigenvalue weighted by molar-refractivity contribution is 0.131. The van der Waals surface area contributed by atoms with Crippen LogP contribution >= 0.6 is 0 Å². The molecular formula is C22H30N2O3Si. The van der Waals surface area contributed by atoms with Gasteiger partial charge < -0.3 is 20.2 Å². The van der Waals surface area contributed by atoms with Crippen molar-refractivity contribution in [1.29, 1.82) is 0 Å². The van der Waals surface area contributed by atoms with Crippen LogP contribution in [0.5, 0.6) is 0 Å². The third-order valence-corrected chi connectivity index (χ3v) is 10.5. The zero-order valence-corrected chi connectivity index (χ0v) is 17.8.